The average molecular weight is 268 g/mol. The van der Waals surface area contributed by atoms with Crippen molar-refractivity contribution in [2.45, 2.75) is 26.6 Å². The first-order valence-corrected chi connectivity index (χ1v) is 7.31. The molecule has 2 rings (SSSR count). The van der Waals surface area contributed by atoms with Crippen molar-refractivity contribution in [1.29, 1.82) is 0 Å². The SMILES string of the molecule is CCN(Cc1ccccc1)Cc1ccccc1CNC. The fourth-order valence-electron chi connectivity index (χ4n) is 2.44. The third-order valence-electron chi connectivity index (χ3n) is 3.58. The van der Waals surface area contributed by atoms with E-state index >= 15 is 0 Å². The number of benzene rings is 2. The summed E-state index contributed by atoms with van der Waals surface area (Å²) in [5.74, 6) is 0. The second-order valence-electron chi connectivity index (χ2n) is 5.09. The summed E-state index contributed by atoms with van der Waals surface area (Å²) in [4.78, 5) is 2.48. The van der Waals surface area contributed by atoms with Crippen LogP contribution in [0.1, 0.15) is 23.6 Å². The van der Waals surface area contributed by atoms with E-state index in [-0.39, 0.29) is 0 Å². The average Bonchev–Trinajstić information content (AvgIpc) is 2.50. The topological polar surface area (TPSA) is 15.3 Å². The molecule has 20 heavy (non-hydrogen) atoms. The molecule has 2 nitrogen and oxygen atoms in total. The van der Waals surface area contributed by atoms with Crippen LogP contribution in [0, 0.1) is 0 Å². The van der Waals surface area contributed by atoms with Crippen LogP contribution >= 0.6 is 0 Å². The first-order valence-electron chi connectivity index (χ1n) is 7.31. The molecule has 0 aliphatic carbocycles. The van der Waals surface area contributed by atoms with Gasteiger partial charge in [-0.15, -0.1) is 0 Å². The Morgan fingerprint density at radius 1 is 0.850 bits per heavy atom. The maximum absolute atomic E-state index is 3.25. The first kappa shape index (κ1) is 14.8. The van der Waals surface area contributed by atoms with Crippen molar-refractivity contribution < 1.29 is 0 Å². The molecule has 0 aliphatic heterocycles. The minimum absolute atomic E-state index is 0.930. The molecule has 106 valence electrons. The molecule has 0 amide bonds. The summed E-state index contributed by atoms with van der Waals surface area (Å²) < 4.78 is 0. The van der Waals surface area contributed by atoms with Crippen molar-refractivity contribution in [2.24, 2.45) is 0 Å². The van der Waals surface area contributed by atoms with Crippen LogP contribution in [0.3, 0.4) is 0 Å². The van der Waals surface area contributed by atoms with Crippen LogP contribution in [-0.2, 0) is 19.6 Å². The maximum atomic E-state index is 3.25. The Labute approximate surface area is 122 Å². The lowest BCUT2D eigenvalue weighted by Crippen LogP contribution is -2.23. The molecule has 0 saturated carbocycles. The van der Waals surface area contributed by atoms with Gasteiger partial charge in [0.25, 0.3) is 0 Å². The van der Waals surface area contributed by atoms with Crippen LogP contribution in [0.2, 0.25) is 0 Å². The molecule has 0 spiro atoms. The highest BCUT2D eigenvalue weighted by Gasteiger charge is 2.07. The minimum atomic E-state index is 0.930. The predicted molar refractivity (Wildman–Crippen MR) is 85.4 cm³/mol. The van der Waals surface area contributed by atoms with Crippen molar-refractivity contribution in [1.82, 2.24) is 10.2 Å². The van der Waals surface area contributed by atoms with Crippen LogP contribution in [0.25, 0.3) is 0 Å². The third kappa shape index (κ3) is 4.19. The molecule has 0 heterocycles. The maximum Gasteiger partial charge on any atom is 0.0240 e. The van der Waals surface area contributed by atoms with Crippen LogP contribution in [0.4, 0.5) is 0 Å². The Bertz CT molecular complexity index is 508. The van der Waals surface area contributed by atoms with E-state index < -0.39 is 0 Å². The Morgan fingerprint density at radius 2 is 1.50 bits per heavy atom. The predicted octanol–water partition coefficient (Wildman–Crippen LogP) is 3.43. The van der Waals surface area contributed by atoms with Crippen molar-refractivity contribution in [3.63, 3.8) is 0 Å². The van der Waals surface area contributed by atoms with Gasteiger partial charge >= 0.3 is 0 Å². The molecular formula is C18H24N2. The highest BCUT2D eigenvalue weighted by molar-refractivity contribution is 5.27. The van der Waals surface area contributed by atoms with Gasteiger partial charge < -0.3 is 5.32 Å². The number of nitrogens with zero attached hydrogens (tertiary/aromatic N) is 1. The van der Waals surface area contributed by atoms with Gasteiger partial charge in [-0.05, 0) is 30.3 Å². The summed E-state index contributed by atoms with van der Waals surface area (Å²) in [6, 6.07) is 19.4. The zero-order chi connectivity index (χ0) is 14.2. The fraction of sp³-hybridized carbons (Fsp3) is 0.333. The molecule has 0 fully saturated rings. The van der Waals surface area contributed by atoms with E-state index in [9.17, 15) is 0 Å². The lowest BCUT2D eigenvalue weighted by molar-refractivity contribution is 0.270. The van der Waals surface area contributed by atoms with Crippen LogP contribution in [0.15, 0.2) is 54.6 Å². The van der Waals surface area contributed by atoms with Crippen LogP contribution in [-0.4, -0.2) is 18.5 Å². The molecule has 0 radical (unpaired) electrons. The lowest BCUT2D eigenvalue weighted by atomic mass is 10.1. The summed E-state index contributed by atoms with van der Waals surface area (Å²) in [6.45, 7) is 6.22. The van der Waals surface area contributed by atoms with Gasteiger partial charge in [0.2, 0.25) is 0 Å². The molecule has 0 atom stereocenters. The minimum Gasteiger partial charge on any atom is -0.316 e. The molecule has 0 saturated heterocycles. The summed E-state index contributed by atoms with van der Waals surface area (Å²) in [7, 11) is 2.00. The van der Waals surface area contributed by atoms with E-state index in [0.717, 1.165) is 26.2 Å². The monoisotopic (exact) mass is 268 g/mol. The smallest absolute Gasteiger partial charge is 0.0240 e. The number of hydrogen-bond donors (Lipinski definition) is 1. The van der Waals surface area contributed by atoms with Crippen molar-refractivity contribution in [3.8, 4) is 0 Å². The van der Waals surface area contributed by atoms with Gasteiger partial charge in [-0.3, -0.25) is 4.90 Å². The normalized spacial score (nSPS) is 10.9. The fourth-order valence-corrected chi connectivity index (χ4v) is 2.44. The Morgan fingerprint density at radius 3 is 2.15 bits per heavy atom. The van der Waals surface area contributed by atoms with Crippen LogP contribution in [0.5, 0.6) is 0 Å². The van der Waals surface area contributed by atoms with E-state index in [1.165, 1.54) is 16.7 Å². The van der Waals surface area contributed by atoms with E-state index in [2.05, 4.69) is 71.7 Å². The zero-order valence-electron chi connectivity index (χ0n) is 12.5. The quantitative estimate of drug-likeness (QED) is 0.827. The summed E-state index contributed by atoms with van der Waals surface area (Å²) >= 11 is 0. The van der Waals surface area contributed by atoms with Crippen molar-refractivity contribution in [3.05, 3.63) is 71.3 Å². The second kappa shape index (κ2) is 7.83. The first-order chi connectivity index (χ1) is 9.83. The number of hydrogen-bond acceptors (Lipinski definition) is 2. The molecule has 2 heteroatoms. The highest BCUT2D eigenvalue weighted by Crippen LogP contribution is 2.14. The van der Waals surface area contributed by atoms with E-state index in [1.54, 1.807) is 0 Å². The Kier molecular flexibility index (Phi) is 5.78. The van der Waals surface area contributed by atoms with E-state index in [0.29, 0.717) is 0 Å². The molecule has 1 N–H and O–H groups in total. The summed E-state index contributed by atoms with van der Waals surface area (Å²) in [6.07, 6.45) is 0. The molecule has 0 aromatic heterocycles. The van der Waals surface area contributed by atoms with E-state index in [1.807, 2.05) is 7.05 Å². The van der Waals surface area contributed by atoms with Gasteiger partial charge in [-0.2, -0.15) is 0 Å². The molecule has 2 aromatic carbocycles. The standard InChI is InChI=1S/C18H24N2/c1-3-20(14-16-9-5-4-6-10-16)15-18-12-8-7-11-17(18)13-19-2/h4-12,19H,3,13-15H2,1-2H3. The summed E-state index contributed by atoms with van der Waals surface area (Å²) in [5.41, 5.74) is 4.18. The molecule has 0 bridgehead atoms. The van der Waals surface area contributed by atoms with Gasteiger partial charge in [0, 0.05) is 19.6 Å². The highest BCUT2D eigenvalue weighted by atomic mass is 15.1. The van der Waals surface area contributed by atoms with Gasteiger partial charge in [0.15, 0.2) is 0 Å². The molecule has 0 unspecified atom stereocenters. The zero-order valence-corrected chi connectivity index (χ0v) is 12.5. The van der Waals surface area contributed by atoms with Gasteiger partial charge in [-0.25, -0.2) is 0 Å². The van der Waals surface area contributed by atoms with Gasteiger partial charge in [-0.1, -0.05) is 61.5 Å². The third-order valence-corrected chi connectivity index (χ3v) is 3.58. The van der Waals surface area contributed by atoms with Crippen molar-refractivity contribution in [2.75, 3.05) is 13.6 Å². The Hall–Kier alpha value is -1.64. The van der Waals surface area contributed by atoms with E-state index in [4.69, 9.17) is 0 Å². The summed E-state index contributed by atoms with van der Waals surface area (Å²) in [5, 5.41) is 3.25. The lowest BCUT2D eigenvalue weighted by Gasteiger charge is -2.22. The molecule has 2 aromatic rings. The number of rotatable bonds is 7. The molecule has 0 aliphatic rings. The van der Waals surface area contributed by atoms with Gasteiger partial charge in [0.1, 0.15) is 0 Å². The van der Waals surface area contributed by atoms with Crippen molar-refractivity contribution >= 4 is 0 Å². The van der Waals surface area contributed by atoms with Crippen LogP contribution < -0.4 is 5.32 Å². The largest absolute Gasteiger partial charge is 0.316 e. The second-order valence-corrected chi connectivity index (χ2v) is 5.09. The number of nitrogens with one attached hydrogen (secondary N) is 1. The molecular weight excluding hydrogens is 244 g/mol. The Balaban J connectivity index is 2.06. The van der Waals surface area contributed by atoms with Gasteiger partial charge in [0.05, 0.1) is 0 Å².